The number of hydrogen-bond donors (Lipinski definition) is 1. The summed E-state index contributed by atoms with van der Waals surface area (Å²) in [5, 5.41) is 0. The van der Waals surface area contributed by atoms with Crippen LogP contribution in [0.15, 0.2) is 46.2 Å². The molecular formula is C14H13F2NOS. The van der Waals surface area contributed by atoms with Gasteiger partial charge in [-0.1, -0.05) is 11.8 Å². The molecule has 0 atom stereocenters. The molecule has 5 heteroatoms. The summed E-state index contributed by atoms with van der Waals surface area (Å²) in [4.78, 5) is 0.710. The Bertz CT molecular complexity index is 549. The summed E-state index contributed by atoms with van der Waals surface area (Å²) in [6.07, 6.45) is 0. The van der Waals surface area contributed by atoms with Gasteiger partial charge in [0.05, 0.1) is 12.0 Å². The van der Waals surface area contributed by atoms with Gasteiger partial charge in [0.15, 0.2) is 0 Å². The Morgan fingerprint density at radius 3 is 2.16 bits per heavy atom. The SMILES string of the molecule is COc1ccc(Sc2c(F)cc(CN)cc2F)cc1. The number of methoxy groups -OCH3 is 1. The summed E-state index contributed by atoms with van der Waals surface area (Å²) in [6.45, 7) is 0.112. The first kappa shape index (κ1) is 13.8. The minimum absolute atomic E-state index is 0.0256. The monoisotopic (exact) mass is 281 g/mol. The van der Waals surface area contributed by atoms with Crippen LogP contribution in [0, 0.1) is 11.6 Å². The van der Waals surface area contributed by atoms with Crippen molar-refractivity contribution in [3.63, 3.8) is 0 Å². The number of halogens is 2. The molecule has 2 nitrogen and oxygen atoms in total. The molecule has 2 aromatic rings. The van der Waals surface area contributed by atoms with Crippen molar-refractivity contribution in [3.8, 4) is 5.75 Å². The molecule has 0 aliphatic heterocycles. The fourth-order valence-corrected chi connectivity index (χ4v) is 2.41. The predicted molar refractivity (Wildman–Crippen MR) is 71.4 cm³/mol. The van der Waals surface area contributed by atoms with Crippen LogP contribution >= 0.6 is 11.8 Å². The maximum absolute atomic E-state index is 13.8. The highest BCUT2D eigenvalue weighted by Gasteiger charge is 2.12. The Hall–Kier alpha value is -1.59. The van der Waals surface area contributed by atoms with Gasteiger partial charge >= 0.3 is 0 Å². The zero-order chi connectivity index (χ0) is 13.8. The van der Waals surface area contributed by atoms with Crippen molar-refractivity contribution in [2.45, 2.75) is 16.3 Å². The lowest BCUT2D eigenvalue weighted by Crippen LogP contribution is -1.99. The summed E-state index contributed by atoms with van der Waals surface area (Å²) in [5.74, 6) is -0.494. The van der Waals surface area contributed by atoms with E-state index in [1.807, 2.05) is 0 Å². The molecule has 0 unspecified atom stereocenters. The van der Waals surface area contributed by atoms with Crippen molar-refractivity contribution in [2.75, 3.05) is 7.11 Å². The lowest BCUT2D eigenvalue weighted by atomic mass is 10.2. The molecule has 0 spiro atoms. The van der Waals surface area contributed by atoms with Crippen LogP contribution in [0.3, 0.4) is 0 Å². The zero-order valence-electron chi connectivity index (χ0n) is 10.3. The van der Waals surface area contributed by atoms with Crippen LogP contribution in [0.1, 0.15) is 5.56 Å². The molecule has 0 amide bonds. The Labute approximate surface area is 114 Å². The van der Waals surface area contributed by atoms with Crippen molar-refractivity contribution in [3.05, 3.63) is 53.6 Å². The molecule has 0 heterocycles. The molecular weight excluding hydrogens is 268 g/mol. The third-order valence-corrected chi connectivity index (χ3v) is 3.68. The molecule has 0 fully saturated rings. The van der Waals surface area contributed by atoms with Crippen LogP contribution < -0.4 is 10.5 Å². The van der Waals surface area contributed by atoms with Crippen LogP contribution in [0.2, 0.25) is 0 Å². The van der Waals surface area contributed by atoms with E-state index in [1.165, 1.54) is 12.1 Å². The van der Waals surface area contributed by atoms with E-state index in [4.69, 9.17) is 10.5 Å². The van der Waals surface area contributed by atoms with Crippen molar-refractivity contribution in [2.24, 2.45) is 5.73 Å². The highest BCUT2D eigenvalue weighted by molar-refractivity contribution is 7.99. The minimum atomic E-state index is -0.596. The van der Waals surface area contributed by atoms with Crippen molar-refractivity contribution < 1.29 is 13.5 Å². The Kier molecular flexibility index (Phi) is 4.39. The summed E-state index contributed by atoms with van der Waals surface area (Å²) in [5.41, 5.74) is 5.81. The molecule has 100 valence electrons. The molecule has 0 radical (unpaired) electrons. The Morgan fingerprint density at radius 1 is 1.11 bits per heavy atom. The van der Waals surface area contributed by atoms with E-state index in [0.717, 1.165) is 16.7 Å². The van der Waals surface area contributed by atoms with Gasteiger partial charge in [-0.25, -0.2) is 8.78 Å². The summed E-state index contributed by atoms with van der Waals surface area (Å²) >= 11 is 1.03. The second-order valence-electron chi connectivity index (χ2n) is 3.87. The standard InChI is InChI=1S/C14H13F2NOS/c1-18-10-2-4-11(5-3-10)19-14-12(15)6-9(8-17)7-13(14)16/h2-7H,8,17H2,1H3. The second kappa shape index (κ2) is 6.04. The molecule has 2 N–H and O–H groups in total. The van der Waals surface area contributed by atoms with Gasteiger partial charge in [-0.2, -0.15) is 0 Å². The third kappa shape index (κ3) is 3.24. The van der Waals surface area contributed by atoms with Crippen LogP contribution in [0.5, 0.6) is 5.75 Å². The van der Waals surface area contributed by atoms with E-state index < -0.39 is 11.6 Å². The van der Waals surface area contributed by atoms with E-state index in [0.29, 0.717) is 11.3 Å². The molecule has 2 aromatic carbocycles. The van der Waals surface area contributed by atoms with Crippen molar-refractivity contribution in [1.29, 1.82) is 0 Å². The molecule has 0 aromatic heterocycles. The first-order chi connectivity index (χ1) is 9.13. The fraction of sp³-hybridized carbons (Fsp3) is 0.143. The van der Waals surface area contributed by atoms with E-state index in [-0.39, 0.29) is 11.4 Å². The van der Waals surface area contributed by atoms with Gasteiger partial charge in [0.1, 0.15) is 17.4 Å². The van der Waals surface area contributed by atoms with Gasteiger partial charge in [-0.05, 0) is 42.0 Å². The highest BCUT2D eigenvalue weighted by atomic mass is 32.2. The molecule has 2 rings (SSSR count). The quantitative estimate of drug-likeness (QED) is 0.930. The lowest BCUT2D eigenvalue weighted by molar-refractivity contribution is 0.414. The van der Waals surface area contributed by atoms with Crippen LogP contribution in [0.4, 0.5) is 8.78 Å². The molecule has 0 saturated carbocycles. The molecule has 0 saturated heterocycles. The van der Waals surface area contributed by atoms with E-state index in [2.05, 4.69) is 0 Å². The van der Waals surface area contributed by atoms with Crippen LogP contribution in [0.25, 0.3) is 0 Å². The topological polar surface area (TPSA) is 35.2 Å². The first-order valence-corrected chi connectivity index (χ1v) is 6.45. The van der Waals surface area contributed by atoms with Gasteiger partial charge < -0.3 is 10.5 Å². The smallest absolute Gasteiger partial charge is 0.140 e. The van der Waals surface area contributed by atoms with Crippen LogP contribution in [-0.4, -0.2) is 7.11 Å². The summed E-state index contributed by atoms with van der Waals surface area (Å²) < 4.78 is 32.6. The van der Waals surface area contributed by atoms with Gasteiger partial charge in [-0.15, -0.1) is 0 Å². The third-order valence-electron chi connectivity index (χ3n) is 2.57. The normalized spacial score (nSPS) is 10.5. The van der Waals surface area contributed by atoms with Crippen LogP contribution in [-0.2, 0) is 6.54 Å². The highest BCUT2D eigenvalue weighted by Crippen LogP contribution is 2.33. The average Bonchev–Trinajstić information content (AvgIpc) is 2.43. The van der Waals surface area contributed by atoms with Crippen molar-refractivity contribution in [1.82, 2.24) is 0 Å². The Morgan fingerprint density at radius 2 is 1.68 bits per heavy atom. The van der Waals surface area contributed by atoms with Gasteiger partial charge in [0.2, 0.25) is 0 Å². The van der Waals surface area contributed by atoms with Gasteiger partial charge in [-0.3, -0.25) is 0 Å². The first-order valence-electron chi connectivity index (χ1n) is 5.64. The lowest BCUT2D eigenvalue weighted by Gasteiger charge is -2.07. The second-order valence-corrected chi connectivity index (χ2v) is 4.95. The van der Waals surface area contributed by atoms with E-state index in [1.54, 1.807) is 31.4 Å². The maximum Gasteiger partial charge on any atom is 0.140 e. The maximum atomic E-state index is 13.8. The predicted octanol–water partition coefficient (Wildman–Crippen LogP) is 3.58. The minimum Gasteiger partial charge on any atom is -0.497 e. The Balaban J connectivity index is 2.27. The molecule has 19 heavy (non-hydrogen) atoms. The van der Waals surface area contributed by atoms with Gasteiger partial charge in [0.25, 0.3) is 0 Å². The number of nitrogens with two attached hydrogens (primary N) is 1. The number of rotatable bonds is 4. The van der Waals surface area contributed by atoms with Crippen molar-refractivity contribution >= 4 is 11.8 Å². The zero-order valence-corrected chi connectivity index (χ0v) is 11.1. The average molecular weight is 281 g/mol. The number of ether oxygens (including phenoxy) is 1. The molecule has 0 bridgehead atoms. The van der Waals surface area contributed by atoms with Gasteiger partial charge in [0, 0.05) is 11.4 Å². The number of benzene rings is 2. The van der Waals surface area contributed by atoms with E-state index >= 15 is 0 Å². The molecule has 0 aliphatic rings. The summed E-state index contributed by atoms with van der Waals surface area (Å²) in [7, 11) is 1.56. The van der Waals surface area contributed by atoms with E-state index in [9.17, 15) is 8.78 Å². The fourth-order valence-electron chi connectivity index (χ4n) is 1.59. The number of hydrogen-bond acceptors (Lipinski definition) is 3. The largest absolute Gasteiger partial charge is 0.497 e. The molecule has 0 aliphatic carbocycles. The summed E-state index contributed by atoms with van der Waals surface area (Å²) in [6, 6.07) is 9.50.